The highest BCUT2D eigenvalue weighted by molar-refractivity contribution is 5.96. The summed E-state index contributed by atoms with van der Waals surface area (Å²) < 4.78 is 14.9. The van der Waals surface area contributed by atoms with Crippen molar-refractivity contribution in [3.8, 4) is 0 Å². The summed E-state index contributed by atoms with van der Waals surface area (Å²) in [5.41, 5.74) is 3.51. The number of carbonyl (C=O) groups excluding carboxylic acids is 1. The summed E-state index contributed by atoms with van der Waals surface area (Å²) in [6.45, 7) is 5.26. The van der Waals surface area contributed by atoms with Crippen LogP contribution in [0.5, 0.6) is 0 Å². The molecule has 0 bridgehead atoms. The number of halogens is 1. The minimum atomic E-state index is -0.220. The third kappa shape index (κ3) is 3.21. The van der Waals surface area contributed by atoms with Crippen LogP contribution in [0.25, 0.3) is 0 Å². The van der Waals surface area contributed by atoms with E-state index in [1.54, 1.807) is 4.68 Å². The molecule has 128 valence electrons. The summed E-state index contributed by atoms with van der Waals surface area (Å²) in [6.07, 6.45) is 3.11. The monoisotopic (exact) mass is 329 g/mol. The molecule has 0 radical (unpaired) electrons. The quantitative estimate of drug-likeness (QED) is 0.844. The van der Waals surface area contributed by atoms with Gasteiger partial charge in [0.2, 0.25) is 0 Å². The van der Waals surface area contributed by atoms with Crippen LogP contribution < -0.4 is 0 Å². The molecule has 1 aromatic heterocycles. The summed E-state index contributed by atoms with van der Waals surface area (Å²) in [7, 11) is 1.86. The van der Waals surface area contributed by atoms with Crippen molar-refractivity contribution < 1.29 is 9.18 Å². The Hall–Kier alpha value is -2.17. The normalized spacial score (nSPS) is 18.5. The summed E-state index contributed by atoms with van der Waals surface area (Å²) in [6, 6.07) is 6.69. The Morgan fingerprint density at radius 3 is 2.54 bits per heavy atom. The average molecular weight is 329 g/mol. The van der Waals surface area contributed by atoms with Gasteiger partial charge in [0.1, 0.15) is 5.82 Å². The third-order valence-corrected chi connectivity index (χ3v) is 5.02. The van der Waals surface area contributed by atoms with Gasteiger partial charge < -0.3 is 4.90 Å². The van der Waals surface area contributed by atoms with Crippen LogP contribution >= 0.6 is 0 Å². The van der Waals surface area contributed by atoms with Crippen molar-refractivity contribution in [2.45, 2.75) is 39.0 Å². The van der Waals surface area contributed by atoms with E-state index in [9.17, 15) is 9.18 Å². The maximum atomic E-state index is 13.2. The zero-order valence-corrected chi connectivity index (χ0v) is 14.6. The van der Waals surface area contributed by atoms with Crippen LogP contribution in [-0.4, -0.2) is 33.7 Å². The van der Waals surface area contributed by atoms with Gasteiger partial charge in [-0.05, 0) is 44.4 Å². The van der Waals surface area contributed by atoms with Crippen molar-refractivity contribution in [3.63, 3.8) is 0 Å². The van der Waals surface area contributed by atoms with E-state index in [1.165, 1.54) is 12.1 Å². The summed E-state index contributed by atoms with van der Waals surface area (Å²) >= 11 is 0. The predicted octanol–water partition coefficient (Wildman–Crippen LogP) is 3.59. The Morgan fingerprint density at radius 1 is 1.21 bits per heavy atom. The molecule has 1 aromatic carbocycles. The lowest BCUT2D eigenvalue weighted by Crippen LogP contribution is -2.34. The van der Waals surface area contributed by atoms with Crippen LogP contribution in [-0.2, 0) is 7.05 Å². The molecule has 1 atom stereocenters. The number of aromatic nitrogens is 2. The van der Waals surface area contributed by atoms with E-state index in [0.29, 0.717) is 6.54 Å². The van der Waals surface area contributed by atoms with Gasteiger partial charge in [0.05, 0.1) is 11.3 Å². The molecule has 1 aliphatic rings. The molecule has 4 nitrogen and oxygen atoms in total. The lowest BCUT2D eigenvalue weighted by atomic mass is 9.94. The van der Waals surface area contributed by atoms with Crippen LogP contribution in [0.4, 0.5) is 4.39 Å². The predicted molar refractivity (Wildman–Crippen MR) is 91.6 cm³/mol. The smallest absolute Gasteiger partial charge is 0.257 e. The van der Waals surface area contributed by atoms with Gasteiger partial charge >= 0.3 is 0 Å². The molecule has 1 unspecified atom stereocenters. The fourth-order valence-corrected chi connectivity index (χ4v) is 3.57. The lowest BCUT2D eigenvalue weighted by Gasteiger charge is -2.25. The zero-order valence-electron chi connectivity index (χ0n) is 14.6. The van der Waals surface area contributed by atoms with Crippen LogP contribution in [0.2, 0.25) is 0 Å². The van der Waals surface area contributed by atoms with E-state index in [0.717, 1.165) is 48.3 Å². The molecule has 0 N–H and O–H groups in total. The molecule has 0 aliphatic carbocycles. The Balaban J connectivity index is 1.84. The van der Waals surface area contributed by atoms with E-state index < -0.39 is 0 Å². The number of benzene rings is 1. The maximum absolute atomic E-state index is 13.2. The second-order valence-electron chi connectivity index (χ2n) is 6.66. The zero-order chi connectivity index (χ0) is 17.3. The topological polar surface area (TPSA) is 38.1 Å². The molecule has 1 fully saturated rings. The second-order valence-corrected chi connectivity index (χ2v) is 6.66. The fourth-order valence-electron chi connectivity index (χ4n) is 3.57. The van der Waals surface area contributed by atoms with Gasteiger partial charge in [0, 0.05) is 31.7 Å². The molecule has 3 rings (SSSR count). The molecular formula is C19H24FN3O. The van der Waals surface area contributed by atoms with Crippen molar-refractivity contribution in [3.05, 3.63) is 52.6 Å². The molecule has 5 heteroatoms. The van der Waals surface area contributed by atoms with Crippen LogP contribution in [0.15, 0.2) is 24.3 Å². The average Bonchev–Trinajstić information content (AvgIpc) is 2.74. The van der Waals surface area contributed by atoms with Gasteiger partial charge in [-0.25, -0.2) is 4.39 Å². The first-order valence-electron chi connectivity index (χ1n) is 8.52. The molecule has 24 heavy (non-hydrogen) atoms. The third-order valence-electron chi connectivity index (χ3n) is 5.02. The SMILES string of the molecule is Cc1nn(C)c(C)c1C(=O)N1CCCCC(c2ccc(F)cc2)C1. The molecular weight excluding hydrogens is 305 g/mol. The Labute approximate surface area is 142 Å². The van der Waals surface area contributed by atoms with Gasteiger partial charge in [-0.15, -0.1) is 0 Å². The highest BCUT2D eigenvalue weighted by Crippen LogP contribution is 2.28. The van der Waals surface area contributed by atoms with Gasteiger partial charge in [-0.1, -0.05) is 18.6 Å². The highest BCUT2D eigenvalue weighted by Gasteiger charge is 2.27. The van der Waals surface area contributed by atoms with Gasteiger partial charge in [-0.3, -0.25) is 9.48 Å². The van der Waals surface area contributed by atoms with E-state index in [4.69, 9.17) is 0 Å². The lowest BCUT2D eigenvalue weighted by molar-refractivity contribution is 0.0753. The standard InChI is InChI=1S/C19H24FN3O/c1-13-18(14(2)22(3)21-13)19(24)23-11-5-4-6-16(12-23)15-7-9-17(20)10-8-15/h7-10,16H,4-6,11-12H2,1-3H3. The molecule has 0 spiro atoms. The van der Waals surface area contributed by atoms with E-state index in [-0.39, 0.29) is 17.6 Å². The second kappa shape index (κ2) is 6.75. The van der Waals surface area contributed by atoms with Crippen LogP contribution in [0, 0.1) is 19.7 Å². The number of likely N-dealkylation sites (tertiary alicyclic amines) is 1. The number of hydrogen-bond donors (Lipinski definition) is 0. The molecule has 2 heterocycles. The highest BCUT2D eigenvalue weighted by atomic mass is 19.1. The van der Waals surface area contributed by atoms with Crippen molar-refractivity contribution in [2.24, 2.45) is 7.05 Å². The molecule has 1 aliphatic heterocycles. The fraction of sp³-hybridized carbons (Fsp3) is 0.474. The Kier molecular flexibility index (Phi) is 4.69. The molecule has 1 amide bonds. The van der Waals surface area contributed by atoms with E-state index >= 15 is 0 Å². The first kappa shape index (κ1) is 16.7. The Bertz CT molecular complexity index is 736. The van der Waals surface area contributed by atoms with Crippen molar-refractivity contribution >= 4 is 5.91 Å². The van der Waals surface area contributed by atoms with Crippen molar-refractivity contribution in [1.82, 2.24) is 14.7 Å². The largest absolute Gasteiger partial charge is 0.338 e. The molecule has 2 aromatic rings. The first-order chi connectivity index (χ1) is 11.5. The number of aryl methyl sites for hydroxylation is 2. The summed E-state index contributed by atoms with van der Waals surface area (Å²) in [5, 5.41) is 4.36. The van der Waals surface area contributed by atoms with Gasteiger partial charge in [0.15, 0.2) is 0 Å². The van der Waals surface area contributed by atoms with E-state index in [1.807, 2.05) is 37.9 Å². The van der Waals surface area contributed by atoms with Crippen molar-refractivity contribution in [2.75, 3.05) is 13.1 Å². The van der Waals surface area contributed by atoms with Gasteiger partial charge in [0.25, 0.3) is 5.91 Å². The van der Waals surface area contributed by atoms with Crippen molar-refractivity contribution in [1.29, 1.82) is 0 Å². The summed E-state index contributed by atoms with van der Waals surface area (Å²) in [5.74, 6) is 0.100. The minimum Gasteiger partial charge on any atom is -0.338 e. The first-order valence-corrected chi connectivity index (χ1v) is 8.52. The number of amides is 1. The number of rotatable bonds is 2. The van der Waals surface area contributed by atoms with Crippen LogP contribution in [0.1, 0.15) is 52.5 Å². The maximum Gasteiger partial charge on any atom is 0.257 e. The number of nitrogens with zero attached hydrogens (tertiary/aromatic N) is 3. The minimum absolute atomic E-state index is 0.0621. The summed E-state index contributed by atoms with van der Waals surface area (Å²) in [4.78, 5) is 15.0. The number of carbonyl (C=O) groups is 1. The van der Waals surface area contributed by atoms with Crippen LogP contribution in [0.3, 0.4) is 0 Å². The Morgan fingerprint density at radius 2 is 1.92 bits per heavy atom. The molecule has 1 saturated heterocycles. The number of hydrogen-bond acceptors (Lipinski definition) is 2. The molecule has 0 saturated carbocycles. The van der Waals surface area contributed by atoms with E-state index in [2.05, 4.69) is 5.10 Å². The van der Waals surface area contributed by atoms with Gasteiger partial charge in [-0.2, -0.15) is 5.10 Å².